The molecule has 0 spiro atoms. The Morgan fingerprint density at radius 3 is 1.97 bits per heavy atom. The van der Waals surface area contributed by atoms with Crippen molar-refractivity contribution in [1.29, 1.82) is 0 Å². The smallest absolute Gasteiger partial charge is 0.124 e. The van der Waals surface area contributed by atoms with Gasteiger partial charge in [-0.2, -0.15) is 0 Å². The van der Waals surface area contributed by atoms with Gasteiger partial charge in [-0.1, -0.05) is 78.9 Å². The van der Waals surface area contributed by atoms with Crippen LogP contribution in [0.5, 0.6) is 5.75 Å². The zero-order valence-corrected chi connectivity index (χ0v) is 17.2. The average molecular weight is 396 g/mol. The number of hydrogen-bond acceptors (Lipinski definition) is 1. The van der Waals surface area contributed by atoms with Gasteiger partial charge >= 0.3 is 0 Å². The molecule has 0 heterocycles. The molecule has 6 aromatic rings. The largest absolute Gasteiger partial charge is 0.507 e. The number of aromatic hydroxyl groups is 1. The van der Waals surface area contributed by atoms with Crippen LogP contribution in [0.25, 0.3) is 43.4 Å². The van der Waals surface area contributed by atoms with Gasteiger partial charge in [-0.25, -0.2) is 0 Å². The lowest BCUT2D eigenvalue weighted by atomic mass is 9.73. The van der Waals surface area contributed by atoms with Crippen LogP contribution in [0.15, 0.2) is 97.1 Å². The summed E-state index contributed by atoms with van der Waals surface area (Å²) in [6, 6.07) is 34.6. The Morgan fingerprint density at radius 2 is 1.23 bits per heavy atom. The molecule has 0 bridgehead atoms. The molecule has 0 aromatic heterocycles. The standard InChI is InChI=1S/C30H20O/c1-30(25-11-4-2-8-22(25)23-9-3-5-12-26(23)30)21-15-19-14-13-18-7-6-10-24-27(31)17-20(16-21)28(19)29(18)24/h2-17,31H,1H3. The van der Waals surface area contributed by atoms with Gasteiger partial charge in [0, 0.05) is 16.2 Å². The van der Waals surface area contributed by atoms with E-state index in [9.17, 15) is 5.11 Å². The van der Waals surface area contributed by atoms with Crippen LogP contribution in [0.4, 0.5) is 0 Å². The topological polar surface area (TPSA) is 20.2 Å². The van der Waals surface area contributed by atoms with Gasteiger partial charge in [-0.05, 0) is 74.5 Å². The number of phenolic OH excluding ortho intramolecular Hbond substituents is 1. The van der Waals surface area contributed by atoms with Gasteiger partial charge in [0.15, 0.2) is 0 Å². The summed E-state index contributed by atoms with van der Waals surface area (Å²) in [4.78, 5) is 0. The molecular formula is C30H20O. The molecule has 0 saturated carbocycles. The minimum atomic E-state index is -0.243. The molecule has 31 heavy (non-hydrogen) atoms. The predicted molar refractivity (Wildman–Crippen MR) is 129 cm³/mol. The van der Waals surface area contributed by atoms with Crippen LogP contribution in [-0.2, 0) is 5.41 Å². The summed E-state index contributed by atoms with van der Waals surface area (Å²) in [7, 11) is 0. The summed E-state index contributed by atoms with van der Waals surface area (Å²) in [5, 5.41) is 17.6. The average Bonchev–Trinajstić information content (AvgIpc) is 3.08. The van der Waals surface area contributed by atoms with Crippen molar-refractivity contribution >= 4 is 32.3 Å². The molecule has 0 radical (unpaired) electrons. The highest BCUT2D eigenvalue weighted by atomic mass is 16.3. The first-order valence-corrected chi connectivity index (χ1v) is 10.8. The van der Waals surface area contributed by atoms with Crippen LogP contribution in [0.2, 0.25) is 0 Å². The molecule has 1 nitrogen and oxygen atoms in total. The Morgan fingerprint density at radius 1 is 0.581 bits per heavy atom. The van der Waals surface area contributed by atoms with Crippen LogP contribution >= 0.6 is 0 Å². The zero-order valence-electron chi connectivity index (χ0n) is 17.2. The van der Waals surface area contributed by atoms with Gasteiger partial charge in [0.2, 0.25) is 0 Å². The van der Waals surface area contributed by atoms with Crippen molar-refractivity contribution in [3.63, 3.8) is 0 Å². The zero-order chi connectivity index (χ0) is 20.7. The van der Waals surface area contributed by atoms with Gasteiger partial charge in [0.05, 0.1) is 0 Å². The summed E-state index contributed by atoms with van der Waals surface area (Å²) in [6.45, 7) is 2.34. The minimum absolute atomic E-state index is 0.243. The molecule has 0 saturated heterocycles. The molecule has 0 amide bonds. The molecule has 1 heteroatoms. The monoisotopic (exact) mass is 396 g/mol. The lowest BCUT2D eigenvalue weighted by Crippen LogP contribution is -2.22. The Kier molecular flexibility index (Phi) is 3.08. The second kappa shape index (κ2) is 5.65. The third kappa shape index (κ3) is 2.01. The van der Waals surface area contributed by atoms with Crippen molar-refractivity contribution in [3.8, 4) is 16.9 Å². The molecule has 0 atom stereocenters. The fourth-order valence-corrected chi connectivity index (χ4v) is 5.88. The quantitative estimate of drug-likeness (QED) is 0.283. The molecule has 0 unspecified atom stereocenters. The number of benzene rings is 6. The molecule has 1 N–H and O–H groups in total. The van der Waals surface area contributed by atoms with Crippen molar-refractivity contribution < 1.29 is 5.11 Å². The number of hydrogen-bond donors (Lipinski definition) is 1. The van der Waals surface area contributed by atoms with E-state index in [4.69, 9.17) is 0 Å². The Balaban J connectivity index is 1.62. The highest BCUT2D eigenvalue weighted by molar-refractivity contribution is 6.24. The Bertz CT molecular complexity index is 1610. The molecule has 6 aromatic carbocycles. The molecule has 1 aliphatic carbocycles. The van der Waals surface area contributed by atoms with Crippen molar-refractivity contribution in [2.45, 2.75) is 12.3 Å². The Labute approximate surface area is 180 Å². The number of rotatable bonds is 1. The maximum Gasteiger partial charge on any atom is 0.124 e. The van der Waals surface area contributed by atoms with Crippen molar-refractivity contribution in [2.24, 2.45) is 0 Å². The van der Waals surface area contributed by atoms with Gasteiger partial charge in [0.1, 0.15) is 5.75 Å². The van der Waals surface area contributed by atoms with Crippen molar-refractivity contribution in [1.82, 2.24) is 0 Å². The van der Waals surface area contributed by atoms with Crippen molar-refractivity contribution in [2.75, 3.05) is 0 Å². The summed E-state index contributed by atoms with van der Waals surface area (Å²) in [5.74, 6) is 0.347. The van der Waals surface area contributed by atoms with E-state index in [0.717, 1.165) is 16.2 Å². The highest BCUT2D eigenvalue weighted by Crippen LogP contribution is 2.53. The Hall–Kier alpha value is -3.84. The van der Waals surface area contributed by atoms with Crippen LogP contribution in [-0.4, -0.2) is 5.11 Å². The van der Waals surface area contributed by atoms with E-state index in [2.05, 4.69) is 85.8 Å². The maximum absolute atomic E-state index is 10.8. The molecule has 7 rings (SSSR count). The predicted octanol–water partition coefficient (Wildman–Crippen LogP) is 7.62. The van der Waals surface area contributed by atoms with Crippen LogP contribution in [0.1, 0.15) is 23.6 Å². The first-order valence-electron chi connectivity index (χ1n) is 10.8. The lowest BCUT2D eigenvalue weighted by Gasteiger charge is -2.29. The van der Waals surface area contributed by atoms with E-state index in [1.807, 2.05) is 18.2 Å². The summed E-state index contributed by atoms with van der Waals surface area (Å²) < 4.78 is 0. The lowest BCUT2D eigenvalue weighted by molar-refractivity contribution is 0.482. The third-order valence-corrected chi connectivity index (χ3v) is 7.36. The minimum Gasteiger partial charge on any atom is -0.507 e. The molecule has 1 aliphatic rings. The van der Waals surface area contributed by atoms with E-state index in [0.29, 0.717) is 5.75 Å². The van der Waals surface area contributed by atoms with E-state index >= 15 is 0 Å². The summed E-state index contributed by atoms with van der Waals surface area (Å²) in [5.41, 5.74) is 6.33. The first kappa shape index (κ1) is 16.9. The van der Waals surface area contributed by atoms with Crippen LogP contribution in [0, 0.1) is 0 Å². The number of fused-ring (bicyclic) bond motifs is 3. The summed E-state index contributed by atoms with van der Waals surface area (Å²) in [6.07, 6.45) is 0. The molecule has 0 aliphatic heterocycles. The fourth-order valence-electron chi connectivity index (χ4n) is 5.88. The maximum atomic E-state index is 10.8. The van der Waals surface area contributed by atoms with Gasteiger partial charge in [0.25, 0.3) is 0 Å². The van der Waals surface area contributed by atoms with Crippen LogP contribution in [0.3, 0.4) is 0 Å². The van der Waals surface area contributed by atoms with Gasteiger partial charge < -0.3 is 5.11 Å². The third-order valence-electron chi connectivity index (χ3n) is 7.36. The normalized spacial score (nSPS) is 14.4. The number of phenols is 1. The van der Waals surface area contributed by atoms with Crippen LogP contribution < -0.4 is 0 Å². The molecular weight excluding hydrogens is 376 g/mol. The van der Waals surface area contributed by atoms with E-state index in [1.165, 1.54) is 44.0 Å². The van der Waals surface area contributed by atoms with E-state index in [1.54, 1.807) is 0 Å². The van der Waals surface area contributed by atoms with Gasteiger partial charge in [-0.15, -0.1) is 0 Å². The molecule has 146 valence electrons. The summed E-state index contributed by atoms with van der Waals surface area (Å²) >= 11 is 0. The SMILES string of the molecule is CC1(c2cc3ccc4cccc5c(O)cc(c2)c3c45)c2ccccc2-c2ccccc21. The van der Waals surface area contributed by atoms with Gasteiger partial charge in [-0.3, -0.25) is 0 Å². The van der Waals surface area contributed by atoms with Crippen molar-refractivity contribution in [3.05, 3.63) is 114 Å². The second-order valence-corrected chi connectivity index (χ2v) is 8.88. The van der Waals surface area contributed by atoms with E-state index in [-0.39, 0.29) is 5.41 Å². The molecule has 0 fully saturated rings. The first-order chi connectivity index (χ1) is 15.2. The second-order valence-electron chi connectivity index (χ2n) is 8.88. The highest BCUT2D eigenvalue weighted by Gasteiger charge is 2.40. The van der Waals surface area contributed by atoms with E-state index < -0.39 is 0 Å². The fraction of sp³-hybridized carbons (Fsp3) is 0.0667.